The van der Waals surface area contributed by atoms with Crippen LogP contribution in [0, 0.1) is 11.3 Å². The number of piperazine rings is 1. The van der Waals surface area contributed by atoms with E-state index >= 15 is 0 Å². The molecule has 0 radical (unpaired) electrons. The maximum atomic E-state index is 14.7. The maximum Gasteiger partial charge on any atom is 0.244 e. The minimum Gasteiger partial charge on any atom is -0.349 e. The van der Waals surface area contributed by atoms with Crippen molar-refractivity contribution in [1.29, 1.82) is 0 Å². The minimum absolute atomic E-state index is 0.0443. The maximum absolute atomic E-state index is 14.7. The first-order valence-corrected chi connectivity index (χ1v) is 20.4. The van der Waals surface area contributed by atoms with Crippen LogP contribution in [0.1, 0.15) is 96.7 Å². The second-order valence-electron chi connectivity index (χ2n) is 15.9. The van der Waals surface area contributed by atoms with Crippen LogP contribution in [0.2, 0.25) is 0 Å². The molecule has 2 saturated heterocycles. The van der Waals surface area contributed by atoms with Gasteiger partial charge in [-0.1, -0.05) is 55.7 Å². The molecule has 1 spiro atoms. The number of benzene rings is 1. The van der Waals surface area contributed by atoms with E-state index < -0.39 is 12.1 Å². The highest BCUT2D eigenvalue weighted by atomic mass is 32.1. The molecule has 280 valence electrons. The lowest BCUT2D eigenvalue weighted by Crippen LogP contribution is -2.64. The summed E-state index contributed by atoms with van der Waals surface area (Å²) in [7, 11) is 0.200. The van der Waals surface area contributed by atoms with Gasteiger partial charge in [-0.15, -0.1) is 11.3 Å². The highest BCUT2D eigenvalue weighted by Gasteiger charge is 2.43. The summed E-state index contributed by atoms with van der Waals surface area (Å²) in [5, 5.41) is 8.90. The van der Waals surface area contributed by atoms with Crippen molar-refractivity contribution >= 4 is 29.1 Å². The molecule has 4 aliphatic rings. The molecule has 2 aliphatic heterocycles. The van der Waals surface area contributed by atoms with Crippen LogP contribution in [-0.4, -0.2) is 109 Å². The Labute approximate surface area is 313 Å². The van der Waals surface area contributed by atoms with Crippen molar-refractivity contribution in [2.75, 3.05) is 53.3 Å². The molecule has 0 bridgehead atoms. The van der Waals surface area contributed by atoms with E-state index in [4.69, 9.17) is 2.74 Å². The van der Waals surface area contributed by atoms with E-state index in [2.05, 4.69) is 45.9 Å². The molecule has 2 aliphatic carbocycles. The fourth-order valence-corrected chi connectivity index (χ4v) is 9.69. The topological polar surface area (TPSA) is 88.2 Å². The largest absolute Gasteiger partial charge is 0.349 e. The van der Waals surface area contributed by atoms with Gasteiger partial charge in [0.25, 0.3) is 0 Å². The lowest BCUT2D eigenvalue weighted by Gasteiger charge is -2.43. The van der Waals surface area contributed by atoms with Gasteiger partial charge < -0.3 is 25.3 Å². The van der Waals surface area contributed by atoms with E-state index in [1.807, 2.05) is 22.4 Å². The first-order chi connectivity index (χ1) is 25.8. The monoisotopic (exact) mass is 720 g/mol. The Morgan fingerprint density at radius 2 is 1.78 bits per heavy atom. The summed E-state index contributed by atoms with van der Waals surface area (Å²) in [6.07, 6.45) is 12.9. The summed E-state index contributed by atoms with van der Waals surface area (Å²) < 4.78 is 15.4. The molecular weight excluding hydrogens is 657 g/mol. The first-order valence-electron chi connectivity index (χ1n) is 21.0. The van der Waals surface area contributed by atoms with E-state index in [1.165, 1.54) is 24.8 Å². The standard InChI is InChI=1S/C41H62N6O3S/c1-44(2)22-9-8-16-36(43-34-17-19-41(20-18-34)21-23-45(31-41)29-33-13-4-3-5-14-33)40(50)47-25-24-46(38(48)27-32-11-6-7-12-32)30-37(47)39(49)42-28-35-15-10-26-51-35/h3-5,10,13-15,26,32,34,36-37,43H,6-9,11-12,16-25,27-31H2,1-2H3,(H,42,49)/t34?,36-,37-,41?/m0/s1/i1D,2D. The number of carbonyl (C=O) groups is 3. The van der Waals surface area contributed by atoms with Crippen LogP contribution >= 0.6 is 11.3 Å². The predicted molar refractivity (Wildman–Crippen MR) is 205 cm³/mol. The van der Waals surface area contributed by atoms with E-state index in [0.29, 0.717) is 50.4 Å². The molecule has 2 aromatic rings. The second kappa shape index (κ2) is 18.3. The van der Waals surface area contributed by atoms with Crippen molar-refractivity contribution in [2.24, 2.45) is 11.3 Å². The SMILES string of the molecule is [2H]CN(C[2H])CCCC[C@H](NC1CCC2(CC1)CCN(Cc1ccccc1)C2)C(=O)N1CCN(C(=O)CC2CCCC2)C[C@H]1C(=O)NCc1cccs1. The van der Waals surface area contributed by atoms with Crippen molar-refractivity contribution in [3.63, 3.8) is 0 Å². The third-order valence-electron chi connectivity index (χ3n) is 12.0. The van der Waals surface area contributed by atoms with Gasteiger partial charge in [0.1, 0.15) is 6.04 Å². The summed E-state index contributed by atoms with van der Waals surface area (Å²) in [6, 6.07) is 13.8. The van der Waals surface area contributed by atoms with Gasteiger partial charge >= 0.3 is 0 Å². The molecule has 1 aromatic carbocycles. The molecular formula is C41H62N6O3S. The zero-order chi connectivity index (χ0) is 37.0. The smallest absolute Gasteiger partial charge is 0.244 e. The van der Waals surface area contributed by atoms with Crippen LogP contribution in [0.3, 0.4) is 0 Å². The molecule has 2 N–H and O–H groups in total. The third kappa shape index (κ3) is 10.6. The number of likely N-dealkylation sites (tertiary alicyclic amines) is 1. The molecule has 6 rings (SSSR count). The molecule has 10 heteroatoms. The van der Waals surface area contributed by atoms with Gasteiger partial charge in [-0.2, -0.15) is 0 Å². The summed E-state index contributed by atoms with van der Waals surface area (Å²) in [4.78, 5) is 51.1. The lowest BCUT2D eigenvalue weighted by atomic mass is 9.72. The highest BCUT2D eigenvalue weighted by molar-refractivity contribution is 7.09. The van der Waals surface area contributed by atoms with Crippen LogP contribution in [0.4, 0.5) is 0 Å². The van der Waals surface area contributed by atoms with E-state index in [1.54, 1.807) is 21.1 Å². The molecule has 3 heterocycles. The van der Waals surface area contributed by atoms with Crippen molar-refractivity contribution < 1.29 is 17.1 Å². The van der Waals surface area contributed by atoms with E-state index in [9.17, 15) is 14.4 Å². The Hall–Kier alpha value is -2.79. The van der Waals surface area contributed by atoms with Gasteiger partial charge in [0.15, 0.2) is 0 Å². The molecule has 9 nitrogen and oxygen atoms in total. The van der Waals surface area contributed by atoms with Crippen molar-refractivity contribution in [2.45, 2.75) is 115 Å². The quantitative estimate of drug-likeness (QED) is 0.236. The summed E-state index contributed by atoms with van der Waals surface area (Å²) >= 11 is 1.59. The minimum atomic E-state index is -0.737. The molecule has 4 fully saturated rings. The highest BCUT2D eigenvalue weighted by Crippen LogP contribution is 2.44. The van der Waals surface area contributed by atoms with E-state index in [-0.39, 0.29) is 44.4 Å². The van der Waals surface area contributed by atoms with Crippen molar-refractivity contribution in [3.8, 4) is 0 Å². The molecule has 51 heavy (non-hydrogen) atoms. The van der Waals surface area contributed by atoms with Gasteiger partial charge in [0, 0.05) is 46.3 Å². The van der Waals surface area contributed by atoms with Crippen LogP contribution in [-0.2, 0) is 27.5 Å². The number of carbonyl (C=O) groups excluding carboxylic acids is 3. The van der Waals surface area contributed by atoms with Gasteiger partial charge in [0.05, 0.1) is 19.1 Å². The van der Waals surface area contributed by atoms with Crippen LogP contribution < -0.4 is 10.6 Å². The molecule has 0 unspecified atom stereocenters. The number of rotatable bonds is 15. The number of amides is 3. The van der Waals surface area contributed by atoms with Gasteiger partial charge in [0.2, 0.25) is 17.7 Å². The van der Waals surface area contributed by atoms with Gasteiger partial charge in [-0.25, -0.2) is 0 Å². The zero-order valence-corrected chi connectivity index (χ0v) is 31.4. The molecule has 2 atom stereocenters. The Kier molecular flexibility index (Phi) is 12.7. The Morgan fingerprint density at radius 3 is 2.53 bits per heavy atom. The predicted octanol–water partition coefficient (Wildman–Crippen LogP) is 5.51. The Morgan fingerprint density at radius 1 is 0.980 bits per heavy atom. The normalized spacial score (nSPS) is 25.7. The van der Waals surface area contributed by atoms with E-state index in [0.717, 1.165) is 75.9 Å². The second-order valence-corrected chi connectivity index (χ2v) is 16.9. The first kappa shape index (κ1) is 35.3. The van der Waals surface area contributed by atoms with Crippen molar-refractivity contribution in [1.82, 2.24) is 30.2 Å². The third-order valence-corrected chi connectivity index (χ3v) is 12.9. The average molecular weight is 721 g/mol. The number of nitrogens with one attached hydrogen (secondary N) is 2. The van der Waals surface area contributed by atoms with Gasteiger partial charge in [-0.3, -0.25) is 19.3 Å². The Bertz CT molecular complexity index is 1430. The number of nitrogens with zero attached hydrogens (tertiary/aromatic N) is 4. The molecule has 3 amide bonds. The number of hydrogen-bond donors (Lipinski definition) is 2. The molecule has 1 aromatic heterocycles. The summed E-state index contributed by atoms with van der Waals surface area (Å²) in [5.41, 5.74) is 1.71. The lowest BCUT2D eigenvalue weighted by molar-refractivity contribution is -0.150. The number of hydrogen-bond acceptors (Lipinski definition) is 7. The number of thiophene rings is 1. The fraction of sp³-hybridized carbons (Fsp3) is 0.683. The molecule has 2 saturated carbocycles. The van der Waals surface area contributed by atoms with Crippen LogP contribution in [0.15, 0.2) is 47.8 Å². The van der Waals surface area contributed by atoms with Gasteiger partial charge in [-0.05, 0) is 113 Å². The summed E-state index contributed by atoms with van der Waals surface area (Å²) in [6.45, 7) is 5.36. The zero-order valence-electron chi connectivity index (χ0n) is 32.6. The summed E-state index contributed by atoms with van der Waals surface area (Å²) in [5.74, 6) is 0.283. The van der Waals surface area contributed by atoms with Crippen LogP contribution in [0.25, 0.3) is 0 Å². The fourth-order valence-electron chi connectivity index (χ4n) is 9.05. The van der Waals surface area contributed by atoms with Crippen molar-refractivity contribution in [3.05, 3.63) is 58.3 Å². The number of unbranched alkanes of at least 4 members (excludes halogenated alkanes) is 1. The Balaban J connectivity index is 1.11. The average Bonchev–Trinajstić information content (AvgIpc) is 3.98. The van der Waals surface area contributed by atoms with Crippen LogP contribution in [0.5, 0.6) is 0 Å².